The van der Waals surface area contributed by atoms with Crippen molar-refractivity contribution >= 4 is 11.8 Å². The summed E-state index contributed by atoms with van der Waals surface area (Å²) >= 11 is 0. The van der Waals surface area contributed by atoms with E-state index in [9.17, 15) is 9.59 Å². The van der Waals surface area contributed by atoms with E-state index in [0.29, 0.717) is 12.5 Å². The van der Waals surface area contributed by atoms with Crippen LogP contribution in [-0.4, -0.2) is 53.8 Å². The Bertz CT molecular complexity index is 561. The number of rotatable bonds is 5. The van der Waals surface area contributed by atoms with Gasteiger partial charge < -0.3 is 15.1 Å². The molecule has 1 N–H and O–H groups in total. The van der Waals surface area contributed by atoms with Crippen LogP contribution in [0.1, 0.15) is 32.8 Å². The third-order valence-electron chi connectivity index (χ3n) is 4.82. The Labute approximate surface area is 145 Å². The predicted molar refractivity (Wildman–Crippen MR) is 95.3 cm³/mol. The van der Waals surface area contributed by atoms with Gasteiger partial charge in [0.1, 0.15) is 0 Å². The summed E-state index contributed by atoms with van der Waals surface area (Å²) < 4.78 is 0. The van der Waals surface area contributed by atoms with Crippen LogP contribution >= 0.6 is 0 Å². The smallest absolute Gasteiger partial charge is 0.239 e. The minimum Gasteiger partial charge on any atom is -0.343 e. The van der Waals surface area contributed by atoms with Crippen molar-refractivity contribution in [2.75, 3.05) is 20.1 Å². The molecule has 0 aliphatic carbocycles. The lowest BCUT2D eigenvalue weighted by Gasteiger charge is -2.38. The molecule has 3 unspecified atom stereocenters. The Kier molecular flexibility index (Phi) is 6.37. The van der Waals surface area contributed by atoms with E-state index >= 15 is 0 Å². The molecular formula is C19H29N3O2. The normalized spacial score (nSPS) is 22.1. The Morgan fingerprint density at radius 2 is 2.00 bits per heavy atom. The van der Waals surface area contributed by atoms with Crippen LogP contribution in [0.25, 0.3) is 0 Å². The number of hydrogen-bond donors (Lipinski definition) is 1. The van der Waals surface area contributed by atoms with E-state index in [2.05, 4.69) is 12.2 Å². The van der Waals surface area contributed by atoms with Gasteiger partial charge in [-0.05, 0) is 24.8 Å². The molecule has 2 amide bonds. The minimum atomic E-state index is -0.227. The minimum absolute atomic E-state index is 0.0973. The average molecular weight is 331 g/mol. The Morgan fingerprint density at radius 3 is 2.58 bits per heavy atom. The molecule has 1 heterocycles. The molecule has 0 radical (unpaired) electrons. The predicted octanol–water partition coefficient (Wildman–Crippen LogP) is 1.88. The highest BCUT2D eigenvalue weighted by Crippen LogP contribution is 2.18. The fraction of sp³-hybridized carbons (Fsp3) is 0.579. The van der Waals surface area contributed by atoms with Crippen LogP contribution in [0, 0.1) is 5.92 Å². The highest BCUT2D eigenvalue weighted by molar-refractivity contribution is 5.81. The van der Waals surface area contributed by atoms with Crippen molar-refractivity contribution in [2.45, 2.75) is 45.8 Å². The van der Waals surface area contributed by atoms with E-state index in [1.165, 1.54) is 0 Å². The molecule has 5 nitrogen and oxygen atoms in total. The standard InChI is InChI=1S/C19H29N3O2/c1-14-12-22(16(3)23)11-10-18(14)20-15(2)19(24)21(4)13-17-8-6-5-7-9-17/h5-9,14-15,18,20H,10-13H2,1-4H3. The molecule has 1 saturated heterocycles. The zero-order valence-electron chi connectivity index (χ0n) is 15.2. The van der Waals surface area contributed by atoms with E-state index in [4.69, 9.17) is 0 Å². The second-order valence-corrected chi connectivity index (χ2v) is 6.91. The topological polar surface area (TPSA) is 52.7 Å². The molecule has 0 aromatic heterocycles. The van der Waals surface area contributed by atoms with Gasteiger partial charge in [0.05, 0.1) is 6.04 Å². The molecule has 0 bridgehead atoms. The summed E-state index contributed by atoms with van der Waals surface area (Å²) in [5.41, 5.74) is 1.13. The zero-order chi connectivity index (χ0) is 17.7. The van der Waals surface area contributed by atoms with E-state index < -0.39 is 0 Å². The van der Waals surface area contributed by atoms with Crippen molar-refractivity contribution < 1.29 is 9.59 Å². The van der Waals surface area contributed by atoms with E-state index in [0.717, 1.165) is 25.1 Å². The summed E-state index contributed by atoms with van der Waals surface area (Å²) in [7, 11) is 1.84. The first kappa shape index (κ1) is 18.5. The number of nitrogens with one attached hydrogen (secondary N) is 1. The number of nitrogens with zero attached hydrogens (tertiary/aromatic N) is 2. The maximum Gasteiger partial charge on any atom is 0.239 e. The number of amides is 2. The fourth-order valence-electron chi connectivity index (χ4n) is 3.34. The summed E-state index contributed by atoms with van der Waals surface area (Å²) in [6, 6.07) is 10.0. The molecule has 0 saturated carbocycles. The average Bonchev–Trinajstić information content (AvgIpc) is 2.56. The van der Waals surface area contributed by atoms with Crippen LogP contribution in [0.3, 0.4) is 0 Å². The number of likely N-dealkylation sites (N-methyl/N-ethyl adjacent to an activating group) is 1. The van der Waals surface area contributed by atoms with Gasteiger partial charge >= 0.3 is 0 Å². The molecule has 24 heavy (non-hydrogen) atoms. The molecule has 1 aromatic carbocycles. The molecule has 1 aliphatic heterocycles. The van der Waals surface area contributed by atoms with Crippen LogP contribution in [-0.2, 0) is 16.1 Å². The highest BCUT2D eigenvalue weighted by atomic mass is 16.2. The molecule has 1 aromatic rings. The number of carbonyl (C=O) groups is 2. The maximum atomic E-state index is 12.6. The molecule has 2 rings (SSSR count). The number of hydrogen-bond acceptors (Lipinski definition) is 3. The second-order valence-electron chi connectivity index (χ2n) is 6.91. The molecule has 3 atom stereocenters. The third kappa shape index (κ3) is 4.81. The quantitative estimate of drug-likeness (QED) is 0.896. The molecule has 1 fully saturated rings. The number of likely N-dealkylation sites (tertiary alicyclic amines) is 1. The van der Waals surface area contributed by atoms with Gasteiger partial charge in [0, 0.05) is 39.6 Å². The van der Waals surface area contributed by atoms with Crippen molar-refractivity contribution in [3.8, 4) is 0 Å². The Hall–Kier alpha value is -1.88. The monoisotopic (exact) mass is 331 g/mol. The van der Waals surface area contributed by atoms with Crippen LogP contribution in [0.15, 0.2) is 30.3 Å². The van der Waals surface area contributed by atoms with Gasteiger partial charge in [-0.3, -0.25) is 9.59 Å². The van der Waals surface area contributed by atoms with Crippen molar-refractivity contribution in [2.24, 2.45) is 5.92 Å². The highest BCUT2D eigenvalue weighted by Gasteiger charge is 2.30. The lowest BCUT2D eigenvalue weighted by Crippen LogP contribution is -2.54. The first-order valence-corrected chi connectivity index (χ1v) is 8.69. The van der Waals surface area contributed by atoms with Crippen molar-refractivity contribution in [1.29, 1.82) is 0 Å². The SMILES string of the molecule is CC(=O)N1CCC(NC(C)C(=O)N(C)Cc2ccccc2)C(C)C1. The molecular weight excluding hydrogens is 302 g/mol. The second kappa shape index (κ2) is 8.29. The summed E-state index contributed by atoms with van der Waals surface area (Å²) in [6.45, 7) is 7.81. The van der Waals surface area contributed by atoms with Crippen LogP contribution < -0.4 is 5.32 Å². The van der Waals surface area contributed by atoms with Gasteiger partial charge in [0.15, 0.2) is 0 Å². The molecule has 5 heteroatoms. The first-order chi connectivity index (χ1) is 11.4. The van der Waals surface area contributed by atoms with E-state index in [1.54, 1.807) is 11.8 Å². The Morgan fingerprint density at radius 1 is 1.33 bits per heavy atom. The summed E-state index contributed by atoms with van der Waals surface area (Å²) in [5, 5.41) is 3.47. The fourth-order valence-corrected chi connectivity index (χ4v) is 3.34. The number of carbonyl (C=O) groups excluding carboxylic acids is 2. The van der Waals surface area contributed by atoms with Gasteiger partial charge in [-0.2, -0.15) is 0 Å². The van der Waals surface area contributed by atoms with Crippen molar-refractivity contribution in [1.82, 2.24) is 15.1 Å². The van der Waals surface area contributed by atoms with Gasteiger partial charge in [-0.15, -0.1) is 0 Å². The molecule has 1 aliphatic rings. The number of benzene rings is 1. The summed E-state index contributed by atoms with van der Waals surface area (Å²) in [4.78, 5) is 27.7. The lowest BCUT2D eigenvalue weighted by atomic mass is 9.93. The largest absolute Gasteiger partial charge is 0.343 e. The van der Waals surface area contributed by atoms with Crippen LogP contribution in [0.5, 0.6) is 0 Å². The lowest BCUT2D eigenvalue weighted by molar-refractivity contribution is -0.134. The summed E-state index contributed by atoms with van der Waals surface area (Å²) in [6.07, 6.45) is 0.890. The number of piperidine rings is 1. The molecule has 132 valence electrons. The van der Waals surface area contributed by atoms with Gasteiger partial charge in [-0.25, -0.2) is 0 Å². The maximum absolute atomic E-state index is 12.6. The first-order valence-electron chi connectivity index (χ1n) is 8.69. The van der Waals surface area contributed by atoms with Crippen molar-refractivity contribution in [3.63, 3.8) is 0 Å². The van der Waals surface area contributed by atoms with Gasteiger partial charge in [0.25, 0.3) is 0 Å². The third-order valence-corrected chi connectivity index (χ3v) is 4.82. The van der Waals surface area contributed by atoms with E-state index in [-0.39, 0.29) is 23.9 Å². The summed E-state index contributed by atoms with van der Waals surface area (Å²) in [5.74, 6) is 0.574. The van der Waals surface area contributed by atoms with Gasteiger partial charge in [0.2, 0.25) is 11.8 Å². The Balaban J connectivity index is 1.86. The van der Waals surface area contributed by atoms with Crippen LogP contribution in [0.2, 0.25) is 0 Å². The van der Waals surface area contributed by atoms with Crippen LogP contribution in [0.4, 0.5) is 0 Å². The zero-order valence-corrected chi connectivity index (χ0v) is 15.2. The van der Waals surface area contributed by atoms with Crippen molar-refractivity contribution in [3.05, 3.63) is 35.9 Å². The van der Waals surface area contributed by atoms with E-state index in [1.807, 2.05) is 49.2 Å². The van der Waals surface area contributed by atoms with Gasteiger partial charge in [-0.1, -0.05) is 37.3 Å². The molecule has 0 spiro atoms.